The van der Waals surface area contributed by atoms with Crippen LogP contribution < -0.4 is 9.80 Å². The Bertz CT molecular complexity index is 415. The van der Waals surface area contributed by atoms with Gasteiger partial charge < -0.3 is 9.80 Å². The minimum absolute atomic E-state index is 0.275. The number of hydrogen-bond acceptors (Lipinski definition) is 5. The Kier molecular flexibility index (Phi) is 4.80. The average molecular weight is 284 g/mol. The summed E-state index contributed by atoms with van der Waals surface area (Å²) in [6, 6.07) is 0.531. The van der Waals surface area contributed by atoms with Crippen LogP contribution in [0.2, 0.25) is 5.28 Å². The molecule has 1 fully saturated rings. The summed E-state index contributed by atoms with van der Waals surface area (Å²) >= 11 is 6.04. The molecule has 0 unspecified atom stereocenters. The van der Waals surface area contributed by atoms with Gasteiger partial charge in [-0.05, 0) is 38.3 Å². The summed E-state index contributed by atoms with van der Waals surface area (Å²) in [4.78, 5) is 17.3. The minimum atomic E-state index is 0.275. The van der Waals surface area contributed by atoms with Crippen LogP contribution in [-0.2, 0) is 0 Å². The van der Waals surface area contributed by atoms with Gasteiger partial charge in [0.1, 0.15) is 0 Å². The van der Waals surface area contributed by atoms with Crippen molar-refractivity contribution in [1.82, 2.24) is 15.0 Å². The average Bonchev–Trinajstić information content (AvgIpc) is 2.92. The van der Waals surface area contributed by atoms with E-state index >= 15 is 0 Å². The summed E-state index contributed by atoms with van der Waals surface area (Å²) in [5.41, 5.74) is 0. The van der Waals surface area contributed by atoms with Gasteiger partial charge in [0.15, 0.2) is 0 Å². The summed E-state index contributed by atoms with van der Waals surface area (Å²) in [6.07, 6.45) is 4.99. The standard InChI is InChI=1S/C13H22ClN5/c1-4-19(5-2)13-16-11(14)15-12(17-13)18(3)10-8-6-7-9-10/h10H,4-9H2,1-3H3. The fourth-order valence-corrected chi connectivity index (χ4v) is 2.74. The summed E-state index contributed by atoms with van der Waals surface area (Å²) < 4.78 is 0. The maximum absolute atomic E-state index is 6.04. The highest BCUT2D eigenvalue weighted by atomic mass is 35.5. The predicted octanol–water partition coefficient (Wildman–Crippen LogP) is 2.75. The van der Waals surface area contributed by atoms with Crippen LogP contribution >= 0.6 is 11.6 Å². The summed E-state index contributed by atoms with van der Waals surface area (Å²) in [5, 5.41) is 0.275. The van der Waals surface area contributed by atoms with E-state index in [-0.39, 0.29) is 5.28 Å². The first-order valence-electron chi connectivity index (χ1n) is 7.05. The van der Waals surface area contributed by atoms with Gasteiger partial charge in [0.25, 0.3) is 0 Å². The van der Waals surface area contributed by atoms with Gasteiger partial charge in [0.05, 0.1) is 0 Å². The number of aromatic nitrogens is 3. The monoisotopic (exact) mass is 283 g/mol. The van der Waals surface area contributed by atoms with E-state index in [2.05, 4.69) is 38.6 Å². The molecule has 5 nitrogen and oxygen atoms in total. The van der Waals surface area contributed by atoms with Crippen molar-refractivity contribution in [2.45, 2.75) is 45.6 Å². The van der Waals surface area contributed by atoms with Gasteiger partial charge in [0, 0.05) is 26.2 Å². The molecule has 1 aliphatic rings. The predicted molar refractivity (Wildman–Crippen MR) is 79.1 cm³/mol. The van der Waals surface area contributed by atoms with E-state index in [1.54, 1.807) is 0 Å². The van der Waals surface area contributed by atoms with Crippen molar-refractivity contribution >= 4 is 23.5 Å². The second-order valence-corrected chi connectivity index (χ2v) is 5.26. The molecule has 1 aliphatic carbocycles. The first kappa shape index (κ1) is 14.3. The van der Waals surface area contributed by atoms with Crippen molar-refractivity contribution < 1.29 is 0 Å². The van der Waals surface area contributed by atoms with Gasteiger partial charge in [0.2, 0.25) is 17.2 Å². The van der Waals surface area contributed by atoms with E-state index in [0.29, 0.717) is 17.9 Å². The molecule has 6 heteroatoms. The molecule has 0 N–H and O–H groups in total. The number of halogens is 1. The molecular weight excluding hydrogens is 262 g/mol. The molecular formula is C13H22ClN5. The van der Waals surface area contributed by atoms with Crippen LogP contribution in [0.5, 0.6) is 0 Å². The molecule has 1 heterocycles. The van der Waals surface area contributed by atoms with Crippen LogP contribution in [0.25, 0.3) is 0 Å². The quantitative estimate of drug-likeness (QED) is 0.831. The van der Waals surface area contributed by atoms with Crippen LogP contribution in [0.4, 0.5) is 11.9 Å². The third-order valence-electron chi connectivity index (χ3n) is 3.82. The van der Waals surface area contributed by atoms with Crippen molar-refractivity contribution in [2.24, 2.45) is 0 Å². The molecule has 0 bridgehead atoms. The topological polar surface area (TPSA) is 45.2 Å². The number of anilines is 2. The Morgan fingerprint density at radius 3 is 2.21 bits per heavy atom. The van der Waals surface area contributed by atoms with Gasteiger partial charge in [-0.15, -0.1) is 0 Å². The molecule has 1 saturated carbocycles. The van der Waals surface area contributed by atoms with Crippen LogP contribution in [0.3, 0.4) is 0 Å². The van der Waals surface area contributed by atoms with Gasteiger partial charge in [-0.2, -0.15) is 15.0 Å². The van der Waals surface area contributed by atoms with E-state index in [9.17, 15) is 0 Å². The first-order valence-corrected chi connectivity index (χ1v) is 7.42. The van der Waals surface area contributed by atoms with Gasteiger partial charge in [-0.3, -0.25) is 0 Å². The molecule has 0 radical (unpaired) electrons. The second kappa shape index (κ2) is 6.37. The molecule has 106 valence electrons. The fraction of sp³-hybridized carbons (Fsp3) is 0.769. The highest BCUT2D eigenvalue weighted by Gasteiger charge is 2.23. The molecule has 2 rings (SSSR count). The van der Waals surface area contributed by atoms with Crippen molar-refractivity contribution in [3.8, 4) is 0 Å². The molecule has 0 saturated heterocycles. The maximum Gasteiger partial charge on any atom is 0.231 e. The highest BCUT2D eigenvalue weighted by molar-refractivity contribution is 6.28. The minimum Gasteiger partial charge on any atom is -0.341 e. The van der Waals surface area contributed by atoms with Crippen LogP contribution in [0.1, 0.15) is 39.5 Å². The maximum atomic E-state index is 6.04. The SMILES string of the molecule is CCN(CC)c1nc(Cl)nc(N(C)C2CCCC2)n1. The zero-order valence-electron chi connectivity index (χ0n) is 11.9. The zero-order valence-corrected chi connectivity index (χ0v) is 12.7. The normalized spacial score (nSPS) is 15.8. The first-order chi connectivity index (χ1) is 9.15. The second-order valence-electron chi connectivity index (χ2n) is 4.93. The summed E-state index contributed by atoms with van der Waals surface area (Å²) in [7, 11) is 2.05. The van der Waals surface area contributed by atoms with Crippen LogP contribution in [-0.4, -0.2) is 41.1 Å². The molecule has 1 aromatic rings. The molecule has 19 heavy (non-hydrogen) atoms. The number of hydrogen-bond donors (Lipinski definition) is 0. The lowest BCUT2D eigenvalue weighted by atomic mass is 10.2. The van der Waals surface area contributed by atoms with Crippen LogP contribution in [0, 0.1) is 0 Å². The Morgan fingerprint density at radius 1 is 1.05 bits per heavy atom. The third-order valence-corrected chi connectivity index (χ3v) is 3.99. The third kappa shape index (κ3) is 3.26. The van der Waals surface area contributed by atoms with Crippen molar-refractivity contribution in [3.63, 3.8) is 0 Å². The molecule has 1 aromatic heterocycles. The summed E-state index contributed by atoms with van der Waals surface area (Å²) in [5.74, 6) is 1.36. The van der Waals surface area contributed by atoms with E-state index < -0.39 is 0 Å². The molecule has 0 spiro atoms. The number of rotatable bonds is 5. The molecule has 0 atom stereocenters. The van der Waals surface area contributed by atoms with Gasteiger partial charge in [-0.25, -0.2) is 0 Å². The van der Waals surface area contributed by atoms with Gasteiger partial charge in [-0.1, -0.05) is 12.8 Å². The lowest BCUT2D eigenvalue weighted by Gasteiger charge is -2.26. The van der Waals surface area contributed by atoms with Crippen molar-refractivity contribution in [3.05, 3.63) is 5.28 Å². The lowest BCUT2D eigenvalue weighted by Crippen LogP contribution is -2.32. The summed E-state index contributed by atoms with van der Waals surface area (Å²) in [6.45, 7) is 5.90. The smallest absolute Gasteiger partial charge is 0.231 e. The van der Waals surface area contributed by atoms with E-state index in [4.69, 9.17) is 11.6 Å². The zero-order chi connectivity index (χ0) is 13.8. The molecule has 0 amide bonds. The fourth-order valence-electron chi connectivity index (χ4n) is 2.59. The molecule has 0 aliphatic heterocycles. The lowest BCUT2D eigenvalue weighted by molar-refractivity contribution is 0.635. The molecule has 0 aromatic carbocycles. The van der Waals surface area contributed by atoms with Crippen molar-refractivity contribution in [2.75, 3.05) is 29.9 Å². The van der Waals surface area contributed by atoms with Crippen molar-refractivity contribution in [1.29, 1.82) is 0 Å². The van der Waals surface area contributed by atoms with E-state index in [1.807, 2.05) is 7.05 Å². The largest absolute Gasteiger partial charge is 0.341 e. The highest BCUT2D eigenvalue weighted by Crippen LogP contribution is 2.26. The Labute approximate surface area is 120 Å². The number of nitrogens with zero attached hydrogens (tertiary/aromatic N) is 5. The van der Waals surface area contributed by atoms with Gasteiger partial charge >= 0.3 is 0 Å². The van der Waals surface area contributed by atoms with Crippen LogP contribution in [0.15, 0.2) is 0 Å². The Hall–Kier alpha value is -1.10. The Morgan fingerprint density at radius 2 is 1.63 bits per heavy atom. The Balaban J connectivity index is 2.24. The van der Waals surface area contributed by atoms with E-state index in [0.717, 1.165) is 13.1 Å². The van der Waals surface area contributed by atoms with E-state index in [1.165, 1.54) is 25.7 Å².